The summed E-state index contributed by atoms with van der Waals surface area (Å²) in [5.74, 6) is 0.846. The van der Waals surface area contributed by atoms with Crippen LogP contribution in [0, 0.1) is 0 Å². The van der Waals surface area contributed by atoms with Crippen LogP contribution < -0.4 is 4.74 Å². The van der Waals surface area contributed by atoms with E-state index in [0.29, 0.717) is 6.04 Å². The molecule has 6 heteroatoms. The minimum Gasteiger partial charge on any atom is -0.494 e. The summed E-state index contributed by atoms with van der Waals surface area (Å²) in [6.07, 6.45) is 5.39. The third kappa shape index (κ3) is 3.77. The molecule has 0 unspecified atom stereocenters. The van der Waals surface area contributed by atoms with Crippen LogP contribution in [0.15, 0.2) is 36.7 Å². The molecule has 2 aliphatic heterocycles. The highest BCUT2D eigenvalue weighted by atomic mass is 16.5. The predicted molar refractivity (Wildman–Crippen MR) is 103 cm³/mol. The average Bonchev–Trinajstić information content (AvgIpc) is 3.32. The van der Waals surface area contributed by atoms with E-state index in [1.807, 2.05) is 35.1 Å². The largest absolute Gasteiger partial charge is 0.494 e. The SMILES string of the molecule is COc1ccccc1-n1cc(CN2CC[C@@H](N3CCN(C)CC3)C2)cn1. The molecule has 1 aromatic heterocycles. The lowest BCUT2D eigenvalue weighted by molar-refractivity contribution is 0.112. The molecule has 0 N–H and O–H groups in total. The van der Waals surface area contributed by atoms with Crippen molar-refractivity contribution in [2.24, 2.45) is 0 Å². The van der Waals surface area contributed by atoms with E-state index in [9.17, 15) is 0 Å². The molecule has 0 saturated carbocycles. The number of benzene rings is 1. The molecule has 0 amide bonds. The van der Waals surface area contributed by atoms with Crippen molar-refractivity contribution in [3.8, 4) is 11.4 Å². The van der Waals surface area contributed by atoms with Gasteiger partial charge in [-0.2, -0.15) is 5.10 Å². The van der Waals surface area contributed by atoms with Gasteiger partial charge in [0.2, 0.25) is 0 Å². The Morgan fingerprint density at radius 1 is 1.12 bits per heavy atom. The lowest BCUT2D eigenvalue weighted by Crippen LogP contribution is -2.49. The standard InChI is InChI=1S/C20H29N5O/c1-22-9-11-24(12-10-22)18-7-8-23(16-18)14-17-13-21-25(15-17)19-5-3-4-6-20(19)26-2/h3-6,13,15,18H,7-12,14,16H2,1-2H3/t18-/m1/s1. The zero-order valence-corrected chi connectivity index (χ0v) is 15.8. The maximum atomic E-state index is 5.45. The van der Waals surface area contributed by atoms with E-state index in [4.69, 9.17) is 4.74 Å². The average molecular weight is 355 g/mol. The Hall–Kier alpha value is -1.89. The molecule has 1 atom stereocenters. The van der Waals surface area contributed by atoms with Crippen LogP contribution in [-0.2, 0) is 6.54 Å². The minimum atomic E-state index is 0.716. The summed E-state index contributed by atoms with van der Waals surface area (Å²) in [6.45, 7) is 8.13. The van der Waals surface area contributed by atoms with E-state index in [2.05, 4.69) is 33.0 Å². The summed E-state index contributed by atoms with van der Waals surface area (Å²) in [5, 5.41) is 4.55. The van der Waals surface area contributed by atoms with Crippen LogP contribution in [0.4, 0.5) is 0 Å². The number of aromatic nitrogens is 2. The number of ether oxygens (including phenoxy) is 1. The number of likely N-dealkylation sites (tertiary alicyclic amines) is 1. The molecule has 2 aromatic rings. The van der Waals surface area contributed by atoms with Gasteiger partial charge in [0, 0.05) is 63.6 Å². The van der Waals surface area contributed by atoms with E-state index in [1.165, 1.54) is 51.3 Å². The zero-order valence-electron chi connectivity index (χ0n) is 15.8. The number of piperazine rings is 1. The second-order valence-corrected chi connectivity index (χ2v) is 7.48. The summed E-state index contributed by atoms with van der Waals surface area (Å²) in [4.78, 5) is 7.67. The minimum absolute atomic E-state index is 0.716. The lowest BCUT2D eigenvalue weighted by atomic mass is 10.2. The van der Waals surface area contributed by atoms with Crippen LogP contribution >= 0.6 is 0 Å². The van der Waals surface area contributed by atoms with Gasteiger partial charge in [0.15, 0.2) is 0 Å². The van der Waals surface area contributed by atoms with Gasteiger partial charge >= 0.3 is 0 Å². The number of hydrogen-bond acceptors (Lipinski definition) is 5. The number of likely N-dealkylation sites (N-methyl/N-ethyl adjacent to an activating group) is 1. The Morgan fingerprint density at radius 3 is 2.73 bits per heavy atom. The summed E-state index contributed by atoms with van der Waals surface area (Å²) in [5.41, 5.74) is 2.24. The van der Waals surface area contributed by atoms with Gasteiger partial charge in [0.05, 0.1) is 13.3 Å². The topological polar surface area (TPSA) is 36.8 Å². The van der Waals surface area contributed by atoms with E-state index in [1.54, 1.807) is 7.11 Å². The molecule has 0 aliphatic carbocycles. The lowest BCUT2D eigenvalue weighted by Gasteiger charge is -2.36. The molecule has 26 heavy (non-hydrogen) atoms. The van der Waals surface area contributed by atoms with E-state index >= 15 is 0 Å². The second-order valence-electron chi connectivity index (χ2n) is 7.48. The Morgan fingerprint density at radius 2 is 1.92 bits per heavy atom. The fraction of sp³-hybridized carbons (Fsp3) is 0.550. The van der Waals surface area contributed by atoms with Crippen LogP contribution in [0.5, 0.6) is 5.75 Å². The van der Waals surface area contributed by atoms with Crippen molar-refractivity contribution in [2.45, 2.75) is 19.0 Å². The zero-order chi connectivity index (χ0) is 17.9. The van der Waals surface area contributed by atoms with Crippen molar-refractivity contribution in [3.63, 3.8) is 0 Å². The number of hydrogen-bond donors (Lipinski definition) is 0. The molecule has 4 rings (SSSR count). The van der Waals surface area contributed by atoms with Crippen LogP contribution in [0.2, 0.25) is 0 Å². The molecule has 2 aliphatic rings. The van der Waals surface area contributed by atoms with Gasteiger partial charge in [-0.25, -0.2) is 4.68 Å². The first-order valence-electron chi connectivity index (χ1n) is 9.55. The van der Waals surface area contributed by atoms with Crippen LogP contribution in [0.3, 0.4) is 0 Å². The summed E-state index contributed by atoms with van der Waals surface area (Å²) < 4.78 is 7.37. The van der Waals surface area contributed by atoms with Gasteiger partial charge < -0.3 is 9.64 Å². The van der Waals surface area contributed by atoms with Crippen molar-refractivity contribution < 1.29 is 4.74 Å². The highest BCUT2D eigenvalue weighted by Gasteiger charge is 2.29. The molecular weight excluding hydrogens is 326 g/mol. The molecule has 140 valence electrons. The van der Waals surface area contributed by atoms with Gasteiger partial charge in [-0.1, -0.05) is 12.1 Å². The van der Waals surface area contributed by atoms with Crippen LogP contribution in [-0.4, -0.2) is 83.9 Å². The van der Waals surface area contributed by atoms with Gasteiger partial charge in [0.1, 0.15) is 11.4 Å². The van der Waals surface area contributed by atoms with Crippen molar-refractivity contribution >= 4 is 0 Å². The molecular formula is C20H29N5O. The molecule has 6 nitrogen and oxygen atoms in total. The number of para-hydroxylation sites is 2. The fourth-order valence-electron chi connectivity index (χ4n) is 4.09. The van der Waals surface area contributed by atoms with Gasteiger partial charge in [-0.15, -0.1) is 0 Å². The molecule has 1 aromatic carbocycles. The van der Waals surface area contributed by atoms with Gasteiger partial charge in [0.25, 0.3) is 0 Å². The Bertz CT molecular complexity index is 722. The first kappa shape index (κ1) is 17.5. The van der Waals surface area contributed by atoms with Crippen LogP contribution in [0.1, 0.15) is 12.0 Å². The van der Waals surface area contributed by atoms with Crippen molar-refractivity contribution in [1.29, 1.82) is 0 Å². The molecule has 0 radical (unpaired) electrons. The molecule has 3 heterocycles. The normalized spacial score (nSPS) is 22.8. The van der Waals surface area contributed by atoms with Crippen molar-refractivity contribution in [1.82, 2.24) is 24.5 Å². The van der Waals surface area contributed by atoms with E-state index < -0.39 is 0 Å². The third-order valence-electron chi connectivity index (χ3n) is 5.68. The molecule has 2 saturated heterocycles. The van der Waals surface area contributed by atoms with Crippen molar-refractivity contribution in [2.75, 3.05) is 53.4 Å². The smallest absolute Gasteiger partial charge is 0.144 e. The van der Waals surface area contributed by atoms with Gasteiger partial charge in [-0.05, 0) is 25.6 Å². The molecule has 2 fully saturated rings. The monoisotopic (exact) mass is 355 g/mol. The number of rotatable bonds is 5. The maximum absolute atomic E-state index is 5.45. The van der Waals surface area contributed by atoms with E-state index in [0.717, 1.165) is 18.0 Å². The Labute approximate surface area is 155 Å². The first-order chi connectivity index (χ1) is 12.7. The van der Waals surface area contributed by atoms with Gasteiger partial charge in [-0.3, -0.25) is 9.80 Å². The highest BCUT2D eigenvalue weighted by Crippen LogP contribution is 2.23. The fourth-order valence-corrected chi connectivity index (χ4v) is 4.09. The van der Waals surface area contributed by atoms with Crippen LogP contribution in [0.25, 0.3) is 5.69 Å². The maximum Gasteiger partial charge on any atom is 0.144 e. The van der Waals surface area contributed by atoms with E-state index in [-0.39, 0.29) is 0 Å². The Balaban J connectivity index is 1.36. The first-order valence-corrected chi connectivity index (χ1v) is 9.55. The number of nitrogens with zero attached hydrogens (tertiary/aromatic N) is 5. The van der Waals surface area contributed by atoms with Crippen molar-refractivity contribution in [3.05, 3.63) is 42.2 Å². The molecule has 0 spiro atoms. The summed E-state index contributed by atoms with van der Waals surface area (Å²) in [6, 6.07) is 8.72. The quantitative estimate of drug-likeness (QED) is 0.816. The number of methoxy groups -OCH3 is 1. The second kappa shape index (κ2) is 7.78. The summed E-state index contributed by atoms with van der Waals surface area (Å²) in [7, 11) is 3.92. The predicted octanol–water partition coefficient (Wildman–Crippen LogP) is 1.70. The molecule has 0 bridgehead atoms. The Kier molecular flexibility index (Phi) is 5.24. The summed E-state index contributed by atoms with van der Waals surface area (Å²) >= 11 is 0. The highest BCUT2D eigenvalue weighted by molar-refractivity contribution is 5.46. The third-order valence-corrected chi connectivity index (χ3v) is 5.68.